The molecule has 1 aliphatic carbocycles. The molecule has 2 rings (SSSR count). The van der Waals surface area contributed by atoms with Gasteiger partial charge < -0.3 is 15.2 Å². The van der Waals surface area contributed by atoms with Crippen LogP contribution in [0.4, 0.5) is 0 Å². The number of benzene rings is 1. The summed E-state index contributed by atoms with van der Waals surface area (Å²) in [6, 6.07) is 6.28. The summed E-state index contributed by atoms with van der Waals surface area (Å²) in [7, 11) is 5.46. The summed E-state index contributed by atoms with van der Waals surface area (Å²) < 4.78 is 10.6. The monoisotopic (exact) mass is 264 g/mol. The summed E-state index contributed by atoms with van der Waals surface area (Å²) in [5.41, 5.74) is 7.13. The molecule has 1 saturated carbocycles. The van der Waals surface area contributed by atoms with Crippen LogP contribution in [-0.2, 0) is 0 Å². The number of hydrogen-bond acceptors (Lipinski definition) is 4. The zero-order chi connectivity index (χ0) is 13.8. The number of methoxy groups -OCH3 is 2. The van der Waals surface area contributed by atoms with Gasteiger partial charge >= 0.3 is 0 Å². The minimum Gasteiger partial charge on any atom is -0.493 e. The second-order valence-electron chi connectivity index (χ2n) is 5.25. The molecule has 1 aromatic rings. The number of likely N-dealkylation sites (N-methyl/N-ethyl adjacent to an activating group) is 1. The van der Waals surface area contributed by atoms with Crippen molar-refractivity contribution in [2.24, 2.45) is 11.7 Å². The van der Waals surface area contributed by atoms with E-state index in [9.17, 15) is 0 Å². The molecule has 2 N–H and O–H groups in total. The normalized spacial score (nSPS) is 16.5. The first-order valence-corrected chi connectivity index (χ1v) is 6.81. The highest BCUT2D eigenvalue weighted by Gasteiger charge is 2.26. The average molecular weight is 264 g/mol. The van der Waals surface area contributed by atoms with Crippen LogP contribution in [0, 0.1) is 5.92 Å². The number of nitrogens with two attached hydrogens (primary N) is 1. The molecule has 0 heterocycles. The second-order valence-corrected chi connectivity index (χ2v) is 5.25. The van der Waals surface area contributed by atoms with Gasteiger partial charge in [-0.2, -0.15) is 0 Å². The van der Waals surface area contributed by atoms with Gasteiger partial charge in [-0.3, -0.25) is 4.90 Å². The van der Waals surface area contributed by atoms with Crippen molar-refractivity contribution >= 4 is 0 Å². The van der Waals surface area contributed by atoms with E-state index in [2.05, 4.69) is 18.0 Å². The summed E-state index contributed by atoms with van der Waals surface area (Å²) >= 11 is 0. The fraction of sp³-hybridized carbons (Fsp3) is 0.600. The molecule has 0 radical (unpaired) electrons. The molecule has 1 atom stereocenters. The topological polar surface area (TPSA) is 47.7 Å². The van der Waals surface area contributed by atoms with Gasteiger partial charge in [0.2, 0.25) is 0 Å². The molecule has 0 saturated heterocycles. The van der Waals surface area contributed by atoms with Gasteiger partial charge in [-0.1, -0.05) is 6.07 Å². The van der Waals surface area contributed by atoms with Gasteiger partial charge in [0.05, 0.1) is 14.2 Å². The van der Waals surface area contributed by atoms with Crippen LogP contribution in [-0.4, -0.2) is 39.3 Å². The molecule has 1 aromatic carbocycles. The fourth-order valence-corrected chi connectivity index (χ4v) is 2.47. The molecule has 1 unspecified atom stereocenters. The molecular weight excluding hydrogens is 240 g/mol. The molecule has 1 aliphatic rings. The fourth-order valence-electron chi connectivity index (χ4n) is 2.47. The van der Waals surface area contributed by atoms with E-state index in [1.807, 2.05) is 12.1 Å². The van der Waals surface area contributed by atoms with Crippen LogP contribution in [0.2, 0.25) is 0 Å². The predicted octanol–water partition coefficient (Wildman–Crippen LogP) is 2.05. The van der Waals surface area contributed by atoms with E-state index in [0.29, 0.717) is 6.54 Å². The average Bonchev–Trinajstić information content (AvgIpc) is 3.23. The Morgan fingerprint density at radius 1 is 1.26 bits per heavy atom. The Morgan fingerprint density at radius 2 is 1.95 bits per heavy atom. The highest BCUT2D eigenvalue weighted by atomic mass is 16.5. The van der Waals surface area contributed by atoms with Gasteiger partial charge in [0.25, 0.3) is 0 Å². The van der Waals surface area contributed by atoms with Crippen molar-refractivity contribution in [3.05, 3.63) is 23.8 Å². The first kappa shape index (κ1) is 14.2. The van der Waals surface area contributed by atoms with Gasteiger partial charge in [-0.05, 0) is 43.5 Å². The van der Waals surface area contributed by atoms with Gasteiger partial charge in [0, 0.05) is 19.1 Å². The minimum atomic E-state index is 0.236. The molecule has 4 heteroatoms. The lowest BCUT2D eigenvalue weighted by molar-refractivity contribution is 0.239. The third kappa shape index (κ3) is 3.39. The molecule has 0 aromatic heterocycles. The van der Waals surface area contributed by atoms with Crippen molar-refractivity contribution in [1.82, 2.24) is 4.90 Å². The van der Waals surface area contributed by atoms with Crippen molar-refractivity contribution in [2.45, 2.75) is 18.9 Å². The lowest BCUT2D eigenvalue weighted by Crippen LogP contribution is -2.32. The maximum absolute atomic E-state index is 5.95. The summed E-state index contributed by atoms with van der Waals surface area (Å²) in [4.78, 5) is 2.35. The van der Waals surface area contributed by atoms with Gasteiger partial charge in [-0.15, -0.1) is 0 Å². The molecule has 106 valence electrons. The lowest BCUT2D eigenvalue weighted by atomic mass is 10.0. The van der Waals surface area contributed by atoms with E-state index in [-0.39, 0.29) is 6.04 Å². The van der Waals surface area contributed by atoms with E-state index in [1.54, 1.807) is 14.2 Å². The van der Waals surface area contributed by atoms with E-state index in [0.717, 1.165) is 24.0 Å². The minimum absolute atomic E-state index is 0.236. The van der Waals surface area contributed by atoms with Crippen LogP contribution >= 0.6 is 0 Å². The Bertz CT molecular complexity index is 419. The van der Waals surface area contributed by atoms with Crippen LogP contribution < -0.4 is 15.2 Å². The summed E-state index contributed by atoms with van der Waals surface area (Å²) in [5.74, 6) is 2.38. The van der Waals surface area contributed by atoms with Crippen LogP contribution in [0.5, 0.6) is 11.5 Å². The molecule has 0 aliphatic heterocycles. The summed E-state index contributed by atoms with van der Waals surface area (Å²) in [5, 5.41) is 0. The maximum Gasteiger partial charge on any atom is 0.161 e. The largest absolute Gasteiger partial charge is 0.493 e. The quantitative estimate of drug-likeness (QED) is 0.819. The lowest BCUT2D eigenvalue weighted by Gasteiger charge is -2.27. The Hall–Kier alpha value is -1.26. The van der Waals surface area contributed by atoms with E-state index < -0.39 is 0 Å². The van der Waals surface area contributed by atoms with Crippen molar-refractivity contribution in [3.63, 3.8) is 0 Å². The second kappa shape index (κ2) is 6.26. The Balaban J connectivity index is 2.16. The van der Waals surface area contributed by atoms with Crippen LogP contribution in [0.3, 0.4) is 0 Å². The van der Waals surface area contributed by atoms with Gasteiger partial charge in [0.1, 0.15) is 0 Å². The Kier molecular flexibility index (Phi) is 4.66. The smallest absolute Gasteiger partial charge is 0.161 e. The number of hydrogen-bond donors (Lipinski definition) is 1. The predicted molar refractivity (Wildman–Crippen MR) is 76.7 cm³/mol. The van der Waals surface area contributed by atoms with Crippen LogP contribution in [0.1, 0.15) is 24.4 Å². The standard InChI is InChI=1S/C15H24N2O2/c1-17(10-11-4-5-11)13(9-16)12-6-7-14(18-2)15(8-12)19-3/h6-8,11,13H,4-5,9-10,16H2,1-3H3. The summed E-state index contributed by atoms with van der Waals surface area (Å²) in [6.07, 6.45) is 2.71. The van der Waals surface area contributed by atoms with E-state index in [1.165, 1.54) is 18.4 Å². The zero-order valence-electron chi connectivity index (χ0n) is 12.1. The Morgan fingerprint density at radius 3 is 2.47 bits per heavy atom. The first-order chi connectivity index (χ1) is 9.19. The third-order valence-electron chi connectivity index (χ3n) is 3.79. The maximum atomic E-state index is 5.95. The molecule has 0 bridgehead atoms. The molecule has 4 nitrogen and oxygen atoms in total. The van der Waals surface area contributed by atoms with Gasteiger partial charge in [0.15, 0.2) is 11.5 Å². The molecule has 1 fully saturated rings. The molecule has 19 heavy (non-hydrogen) atoms. The molecule has 0 amide bonds. The van der Waals surface area contributed by atoms with E-state index >= 15 is 0 Å². The molecule has 0 spiro atoms. The van der Waals surface area contributed by atoms with Crippen molar-refractivity contribution in [2.75, 3.05) is 34.4 Å². The third-order valence-corrected chi connectivity index (χ3v) is 3.79. The number of nitrogens with zero attached hydrogens (tertiary/aromatic N) is 1. The van der Waals surface area contributed by atoms with Crippen molar-refractivity contribution in [3.8, 4) is 11.5 Å². The first-order valence-electron chi connectivity index (χ1n) is 6.81. The van der Waals surface area contributed by atoms with Gasteiger partial charge in [-0.25, -0.2) is 0 Å². The number of rotatable bonds is 7. The zero-order valence-corrected chi connectivity index (χ0v) is 12.1. The number of ether oxygens (including phenoxy) is 2. The summed E-state index contributed by atoms with van der Waals surface area (Å²) in [6.45, 7) is 1.73. The van der Waals surface area contributed by atoms with Crippen molar-refractivity contribution < 1.29 is 9.47 Å². The SMILES string of the molecule is COc1ccc(C(CN)N(C)CC2CC2)cc1OC. The van der Waals surface area contributed by atoms with Crippen LogP contribution in [0.15, 0.2) is 18.2 Å². The van der Waals surface area contributed by atoms with E-state index in [4.69, 9.17) is 15.2 Å². The van der Waals surface area contributed by atoms with Crippen molar-refractivity contribution in [1.29, 1.82) is 0 Å². The molecular formula is C15H24N2O2. The van der Waals surface area contributed by atoms with Crippen LogP contribution in [0.25, 0.3) is 0 Å². The highest BCUT2D eigenvalue weighted by molar-refractivity contribution is 5.43. The Labute approximate surface area is 115 Å². The highest BCUT2D eigenvalue weighted by Crippen LogP contribution is 2.34.